The number of rotatable bonds is 7. The Bertz CT molecular complexity index is 1470. The second-order valence-electron chi connectivity index (χ2n) is 12.6. The van der Waals surface area contributed by atoms with Crippen LogP contribution >= 0.6 is 15.9 Å². The van der Waals surface area contributed by atoms with E-state index < -0.39 is 5.60 Å². The Kier molecular flexibility index (Phi) is 9.77. The number of ether oxygens (including phenoxy) is 2. The quantitative estimate of drug-likeness (QED) is 0.276. The van der Waals surface area contributed by atoms with E-state index >= 15 is 0 Å². The predicted octanol–water partition coefficient (Wildman–Crippen LogP) is 6.03. The number of halogens is 1. The highest BCUT2D eigenvalue weighted by Gasteiger charge is 2.29. The van der Waals surface area contributed by atoms with E-state index in [4.69, 9.17) is 13.9 Å². The molecule has 5 rings (SSSR count). The molecule has 2 aliphatic rings. The van der Waals surface area contributed by atoms with Gasteiger partial charge in [0.2, 0.25) is 11.8 Å². The van der Waals surface area contributed by atoms with Crippen LogP contribution in [0.1, 0.15) is 46.5 Å². The molecule has 1 unspecified atom stereocenters. The topological polar surface area (TPSA) is 114 Å². The first-order chi connectivity index (χ1) is 21.0. The molecule has 2 aromatic heterocycles. The van der Waals surface area contributed by atoms with E-state index in [0.717, 1.165) is 72.4 Å². The van der Waals surface area contributed by atoms with E-state index in [1.54, 1.807) is 18.1 Å². The SMILES string of the molecule is COC(=O)C1CCCN(c2cc(-c3nnc(-c4ccc(Br)cc4N4CCC(CN(C)C(=O)OC(C)(C)C)CC4)o3)ccn2)C1. The van der Waals surface area contributed by atoms with Crippen LogP contribution in [0.2, 0.25) is 0 Å². The maximum Gasteiger partial charge on any atom is 0.410 e. The van der Waals surface area contributed by atoms with E-state index in [0.29, 0.717) is 30.8 Å². The number of esters is 1. The van der Waals surface area contributed by atoms with Crippen molar-refractivity contribution in [1.82, 2.24) is 20.1 Å². The van der Waals surface area contributed by atoms with Crippen LogP contribution in [0.4, 0.5) is 16.3 Å². The lowest BCUT2D eigenvalue weighted by Gasteiger charge is -2.36. The molecule has 2 aliphatic heterocycles. The van der Waals surface area contributed by atoms with E-state index in [1.807, 2.05) is 45.0 Å². The number of carbonyl (C=O) groups excluding carboxylic acids is 2. The zero-order valence-electron chi connectivity index (χ0n) is 26.1. The molecule has 236 valence electrons. The minimum Gasteiger partial charge on any atom is -0.469 e. The van der Waals surface area contributed by atoms with Crippen molar-refractivity contribution < 1.29 is 23.5 Å². The average Bonchev–Trinajstić information content (AvgIpc) is 3.50. The Morgan fingerprint density at radius 3 is 2.52 bits per heavy atom. The highest BCUT2D eigenvalue weighted by Crippen LogP contribution is 2.36. The Balaban J connectivity index is 1.28. The number of amides is 1. The van der Waals surface area contributed by atoms with E-state index in [1.165, 1.54) is 7.11 Å². The van der Waals surface area contributed by atoms with Crippen LogP contribution < -0.4 is 9.80 Å². The first-order valence-electron chi connectivity index (χ1n) is 15.1. The summed E-state index contributed by atoms with van der Waals surface area (Å²) in [7, 11) is 3.23. The summed E-state index contributed by atoms with van der Waals surface area (Å²) >= 11 is 3.63. The molecule has 3 aromatic rings. The van der Waals surface area contributed by atoms with Gasteiger partial charge in [-0.05, 0) is 82.7 Å². The van der Waals surface area contributed by atoms with Crippen LogP contribution in [0.5, 0.6) is 0 Å². The van der Waals surface area contributed by atoms with Gasteiger partial charge in [0.15, 0.2) is 0 Å². The van der Waals surface area contributed by atoms with Crippen molar-refractivity contribution in [3.8, 4) is 22.9 Å². The van der Waals surface area contributed by atoms with Crippen molar-refractivity contribution in [2.45, 2.75) is 52.1 Å². The summed E-state index contributed by atoms with van der Waals surface area (Å²) in [4.78, 5) is 35.3. The van der Waals surface area contributed by atoms with Crippen molar-refractivity contribution in [1.29, 1.82) is 0 Å². The predicted molar refractivity (Wildman–Crippen MR) is 171 cm³/mol. The lowest BCUT2D eigenvalue weighted by atomic mass is 9.95. The van der Waals surface area contributed by atoms with Gasteiger partial charge in [-0.3, -0.25) is 4.79 Å². The van der Waals surface area contributed by atoms with Gasteiger partial charge in [-0.15, -0.1) is 10.2 Å². The molecule has 0 N–H and O–H groups in total. The molecule has 2 saturated heterocycles. The summed E-state index contributed by atoms with van der Waals surface area (Å²) in [6, 6.07) is 9.84. The average molecular weight is 670 g/mol. The van der Waals surface area contributed by atoms with Gasteiger partial charge in [-0.2, -0.15) is 0 Å². The van der Waals surface area contributed by atoms with Crippen molar-refractivity contribution >= 4 is 39.5 Å². The van der Waals surface area contributed by atoms with E-state index in [-0.39, 0.29) is 18.0 Å². The van der Waals surface area contributed by atoms with Crippen molar-refractivity contribution in [2.24, 2.45) is 11.8 Å². The van der Waals surface area contributed by atoms with Gasteiger partial charge in [0.25, 0.3) is 0 Å². The molecule has 0 saturated carbocycles. The van der Waals surface area contributed by atoms with Gasteiger partial charge in [0, 0.05) is 56.0 Å². The summed E-state index contributed by atoms with van der Waals surface area (Å²) < 4.78 is 17.7. The van der Waals surface area contributed by atoms with Crippen LogP contribution in [-0.2, 0) is 14.3 Å². The first kappa shape index (κ1) is 31.7. The number of methoxy groups -OCH3 is 1. The Labute approximate surface area is 267 Å². The molecule has 0 radical (unpaired) electrons. The van der Waals surface area contributed by atoms with Crippen molar-refractivity contribution in [3.05, 3.63) is 41.0 Å². The van der Waals surface area contributed by atoms with Crippen LogP contribution in [0.3, 0.4) is 0 Å². The monoisotopic (exact) mass is 668 g/mol. The van der Waals surface area contributed by atoms with Gasteiger partial charge >= 0.3 is 12.1 Å². The third-order valence-corrected chi connectivity index (χ3v) is 8.57. The molecule has 0 aliphatic carbocycles. The molecule has 44 heavy (non-hydrogen) atoms. The Morgan fingerprint density at radius 2 is 1.80 bits per heavy atom. The molecule has 1 amide bonds. The van der Waals surface area contributed by atoms with Gasteiger partial charge in [-0.1, -0.05) is 15.9 Å². The highest BCUT2D eigenvalue weighted by molar-refractivity contribution is 9.10. The minimum absolute atomic E-state index is 0.166. The lowest BCUT2D eigenvalue weighted by Crippen LogP contribution is -2.41. The number of aromatic nitrogens is 3. The van der Waals surface area contributed by atoms with Gasteiger partial charge in [0.1, 0.15) is 11.4 Å². The number of carbonyl (C=O) groups is 2. The highest BCUT2D eigenvalue weighted by atomic mass is 79.9. The van der Waals surface area contributed by atoms with E-state index in [9.17, 15) is 9.59 Å². The summed E-state index contributed by atoms with van der Waals surface area (Å²) in [5, 5.41) is 8.81. The largest absolute Gasteiger partial charge is 0.469 e. The van der Waals surface area contributed by atoms with Crippen molar-refractivity contribution in [2.75, 3.05) is 56.7 Å². The fourth-order valence-corrected chi connectivity index (χ4v) is 6.17. The molecule has 4 heterocycles. The lowest BCUT2D eigenvalue weighted by molar-refractivity contribution is -0.145. The molecular weight excluding hydrogens is 628 g/mol. The van der Waals surface area contributed by atoms with E-state index in [2.05, 4.69) is 47.0 Å². The second-order valence-corrected chi connectivity index (χ2v) is 13.5. The zero-order valence-corrected chi connectivity index (χ0v) is 27.7. The van der Waals surface area contributed by atoms with Crippen LogP contribution in [0.15, 0.2) is 45.4 Å². The number of anilines is 2. The number of piperidine rings is 2. The Hall–Kier alpha value is -3.67. The molecule has 1 atom stereocenters. The van der Waals surface area contributed by atoms with Gasteiger partial charge < -0.3 is 28.6 Å². The third kappa shape index (κ3) is 7.69. The number of hydrogen-bond donors (Lipinski definition) is 0. The number of nitrogens with zero attached hydrogens (tertiary/aromatic N) is 6. The normalized spacial score (nSPS) is 17.8. The number of hydrogen-bond acceptors (Lipinski definition) is 10. The summed E-state index contributed by atoms with van der Waals surface area (Å²) in [5.74, 6) is 1.65. The summed E-state index contributed by atoms with van der Waals surface area (Å²) in [5.41, 5.74) is 2.14. The zero-order chi connectivity index (χ0) is 31.4. The second kappa shape index (κ2) is 13.5. The molecule has 0 spiro atoms. The molecule has 12 heteroatoms. The van der Waals surface area contributed by atoms with Crippen LogP contribution in [0.25, 0.3) is 22.9 Å². The van der Waals surface area contributed by atoms with Crippen LogP contribution in [-0.4, -0.2) is 84.6 Å². The minimum atomic E-state index is -0.511. The maximum atomic E-state index is 12.5. The molecule has 11 nitrogen and oxygen atoms in total. The fourth-order valence-electron chi connectivity index (χ4n) is 5.82. The fraction of sp³-hybridized carbons (Fsp3) is 0.531. The smallest absolute Gasteiger partial charge is 0.410 e. The number of benzene rings is 1. The standard InChI is InChI=1S/C32H41BrN6O5/c1-32(2,3)44-31(41)37(4)19-21-11-15-38(16-12-21)26-18-24(33)8-9-25(26)29-36-35-28(43-29)22-10-13-34-27(17-22)39-14-6-7-23(20-39)30(40)42-5/h8-10,13,17-18,21,23H,6-7,11-12,14-16,19-20H2,1-5H3. The third-order valence-electron chi connectivity index (χ3n) is 8.08. The maximum absolute atomic E-state index is 12.5. The number of pyridine rings is 1. The Morgan fingerprint density at radius 1 is 1.05 bits per heavy atom. The molecule has 1 aromatic carbocycles. The molecular formula is C32H41BrN6O5. The summed E-state index contributed by atoms with van der Waals surface area (Å²) in [6.45, 7) is 9.36. The molecule has 0 bridgehead atoms. The molecule has 2 fully saturated rings. The first-order valence-corrected chi connectivity index (χ1v) is 15.9. The summed E-state index contributed by atoms with van der Waals surface area (Å²) in [6.07, 6.45) is 5.03. The van der Waals surface area contributed by atoms with Crippen LogP contribution in [0, 0.1) is 11.8 Å². The van der Waals surface area contributed by atoms with Gasteiger partial charge in [0.05, 0.1) is 24.3 Å². The van der Waals surface area contributed by atoms with Crippen molar-refractivity contribution in [3.63, 3.8) is 0 Å². The van der Waals surface area contributed by atoms with Gasteiger partial charge in [-0.25, -0.2) is 9.78 Å².